The molecule has 0 aliphatic carbocycles. The van der Waals surface area contributed by atoms with Crippen LogP contribution in [-0.2, 0) is 12.8 Å². The van der Waals surface area contributed by atoms with Gasteiger partial charge in [-0.05, 0) is 60.5 Å². The third-order valence-electron chi connectivity index (χ3n) is 3.18. The van der Waals surface area contributed by atoms with Crippen LogP contribution in [0.2, 0.25) is 10.0 Å². The Balaban J connectivity index is 1.64. The van der Waals surface area contributed by atoms with Gasteiger partial charge in [0, 0.05) is 23.1 Å². The van der Waals surface area contributed by atoms with Crippen molar-refractivity contribution in [2.45, 2.75) is 12.8 Å². The van der Waals surface area contributed by atoms with E-state index in [4.69, 9.17) is 35.4 Å². The maximum absolute atomic E-state index is 5.96. The second-order valence-electron chi connectivity index (χ2n) is 4.94. The Morgan fingerprint density at radius 3 is 1.68 bits per heavy atom. The van der Waals surface area contributed by atoms with Gasteiger partial charge in [0.15, 0.2) is 5.11 Å². The molecule has 2 nitrogen and oxygen atoms in total. The fraction of sp³-hybridized carbons (Fsp3) is 0.235. The Bertz CT molecular complexity index is 578. The van der Waals surface area contributed by atoms with Crippen molar-refractivity contribution in [3.05, 3.63) is 69.7 Å². The molecule has 0 atom stereocenters. The van der Waals surface area contributed by atoms with Gasteiger partial charge in [-0.3, -0.25) is 0 Å². The Hall–Kier alpha value is -1.29. The normalized spacial score (nSPS) is 10.3. The van der Waals surface area contributed by atoms with E-state index in [1.54, 1.807) is 0 Å². The predicted molar refractivity (Wildman–Crippen MR) is 98.9 cm³/mol. The molecule has 0 heterocycles. The lowest BCUT2D eigenvalue weighted by Gasteiger charge is -2.10. The summed E-state index contributed by atoms with van der Waals surface area (Å²) >= 11 is 17.2. The highest BCUT2D eigenvalue weighted by Crippen LogP contribution is 2.11. The van der Waals surface area contributed by atoms with Crippen molar-refractivity contribution in [3.63, 3.8) is 0 Å². The zero-order valence-electron chi connectivity index (χ0n) is 12.1. The predicted octanol–water partition coefficient (Wildman–Crippen LogP) is 4.24. The van der Waals surface area contributed by atoms with Gasteiger partial charge in [-0.25, -0.2) is 0 Å². The van der Waals surface area contributed by atoms with Crippen LogP contribution in [0.5, 0.6) is 0 Å². The minimum atomic E-state index is 0.670. The minimum Gasteiger partial charge on any atom is -0.362 e. The monoisotopic (exact) mass is 352 g/mol. The highest BCUT2D eigenvalue weighted by atomic mass is 35.5. The van der Waals surface area contributed by atoms with Crippen molar-refractivity contribution < 1.29 is 0 Å². The van der Waals surface area contributed by atoms with Gasteiger partial charge in [0.25, 0.3) is 0 Å². The van der Waals surface area contributed by atoms with Gasteiger partial charge in [0.2, 0.25) is 0 Å². The first-order valence-corrected chi connectivity index (χ1v) is 8.30. The van der Waals surface area contributed by atoms with E-state index in [2.05, 4.69) is 22.8 Å². The summed E-state index contributed by atoms with van der Waals surface area (Å²) in [5, 5.41) is 8.60. The molecule has 116 valence electrons. The third kappa shape index (κ3) is 6.22. The van der Waals surface area contributed by atoms with Crippen molar-refractivity contribution in [3.8, 4) is 0 Å². The fourth-order valence-corrected chi connectivity index (χ4v) is 2.72. The summed E-state index contributed by atoms with van der Waals surface area (Å²) in [6.07, 6.45) is 1.77. The molecule has 2 N–H and O–H groups in total. The maximum atomic E-state index is 5.96. The van der Waals surface area contributed by atoms with Crippen LogP contribution in [0.25, 0.3) is 0 Å². The molecule has 0 aliphatic heterocycles. The smallest absolute Gasteiger partial charge is 0.166 e. The van der Waals surface area contributed by atoms with E-state index in [9.17, 15) is 0 Å². The molecule has 0 aliphatic rings. The first-order valence-electron chi connectivity index (χ1n) is 7.14. The molecule has 0 radical (unpaired) electrons. The first-order chi connectivity index (χ1) is 10.6. The molecule has 22 heavy (non-hydrogen) atoms. The molecule has 0 unspecified atom stereocenters. The largest absolute Gasteiger partial charge is 0.362 e. The Kier molecular flexibility index (Phi) is 6.97. The van der Waals surface area contributed by atoms with E-state index in [0.717, 1.165) is 36.0 Å². The number of benzene rings is 2. The zero-order valence-corrected chi connectivity index (χ0v) is 14.4. The topological polar surface area (TPSA) is 24.1 Å². The number of nitrogens with one attached hydrogen (secondary N) is 2. The van der Waals surface area contributed by atoms with Gasteiger partial charge < -0.3 is 10.6 Å². The first kappa shape index (κ1) is 17.1. The van der Waals surface area contributed by atoms with Gasteiger partial charge >= 0.3 is 0 Å². The lowest BCUT2D eigenvalue weighted by molar-refractivity contribution is 0.802. The molecule has 0 saturated carbocycles. The lowest BCUT2D eigenvalue weighted by atomic mass is 10.1. The molecule has 0 saturated heterocycles. The van der Waals surface area contributed by atoms with Crippen LogP contribution in [0.15, 0.2) is 48.5 Å². The summed E-state index contributed by atoms with van der Waals surface area (Å²) in [4.78, 5) is 0. The molecule has 0 bridgehead atoms. The molecule has 2 aromatic rings. The van der Waals surface area contributed by atoms with E-state index >= 15 is 0 Å². The van der Waals surface area contributed by atoms with Crippen LogP contribution in [0.1, 0.15) is 11.1 Å². The van der Waals surface area contributed by atoms with Gasteiger partial charge in [0.05, 0.1) is 0 Å². The molecule has 0 fully saturated rings. The number of thiocarbonyl (C=S) groups is 1. The summed E-state index contributed by atoms with van der Waals surface area (Å²) in [7, 11) is 0. The molecule has 2 aromatic carbocycles. The quantitative estimate of drug-likeness (QED) is 0.760. The number of rotatable bonds is 6. The van der Waals surface area contributed by atoms with Crippen LogP contribution in [0, 0.1) is 0 Å². The van der Waals surface area contributed by atoms with Crippen molar-refractivity contribution in [2.24, 2.45) is 0 Å². The average Bonchev–Trinajstić information content (AvgIpc) is 2.47. The molecular formula is C17H18Cl2N2S. The number of hydrogen-bond acceptors (Lipinski definition) is 1. The second-order valence-corrected chi connectivity index (χ2v) is 6.22. The zero-order chi connectivity index (χ0) is 15.8. The minimum absolute atomic E-state index is 0.670. The van der Waals surface area contributed by atoms with E-state index in [1.165, 1.54) is 11.1 Å². The molecule has 2 rings (SSSR count). The summed E-state index contributed by atoms with van der Waals surface area (Å²) < 4.78 is 0. The standard InChI is InChI=1S/C17H18Cl2N2S/c18-15-5-1-3-13(11-15)7-9-20-17(22)21-10-8-14-4-2-6-16(19)12-14/h1-6,11-12H,7-10H2,(H2,20,21,22). The van der Waals surface area contributed by atoms with Crippen LogP contribution >= 0.6 is 35.4 Å². The molecule has 5 heteroatoms. The van der Waals surface area contributed by atoms with Crippen LogP contribution in [-0.4, -0.2) is 18.2 Å². The Morgan fingerprint density at radius 1 is 0.818 bits per heavy atom. The second kappa shape index (κ2) is 8.99. The summed E-state index contributed by atoms with van der Waals surface area (Å²) in [5.41, 5.74) is 2.39. The van der Waals surface area contributed by atoms with E-state index in [1.807, 2.05) is 36.4 Å². The van der Waals surface area contributed by atoms with Crippen molar-refractivity contribution in [2.75, 3.05) is 13.1 Å². The van der Waals surface area contributed by atoms with Gasteiger partial charge in [-0.15, -0.1) is 0 Å². The number of halogens is 2. The molecule has 0 aromatic heterocycles. The molecule has 0 amide bonds. The van der Waals surface area contributed by atoms with Gasteiger partial charge in [-0.2, -0.15) is 0 Å². The van der Waals surface area contributed by atoms with Crippen molar-refractivity contribution in [1.29, 1.82) is 0 Å². The van der Waals surface area contributed by atoms with Gasteiger partial charge in [-0.1, -0.05) is 47.5 Å². The van der Waals surface area contributed by atoms with E-state index < -0.39 is 0 Å². The lowest BCUT2D eigenvalue weighted by Crippen LogP contribution is -2.37. The summed E-state index contributed by atoms with van der Waals surface area (Å²) in [5.74, 6) is 0. The Morgan fingerprint density at radius 2 is 1.27 bits per heavy atom. The summed E-state index contributed by atoms with van der Waals surface area (Å²) in [6, 6.07) is 15.7. The Labute approximate surface area is 146 Å². The SMILES string of the molecule is S=C(NCCc1cccc(Cl)c1)NCCc1cccc(Cl)c1. The van der Waals surface area contributed by atoms with Crippen LogP contribution < -0.4 is 10.6 Å². The summed E-state index contributed by atoms with van der Waals surface area (Å²) in [6.45, 7) is 1.56. The van der Waals surface area contributed by atoms with Gasteiger partial charge in [0.1, 0.15) is 0 Å². The molecular weight excluding hydrogens is 335 g/mol. The fourth-order valence-electron chi connectivity index (χ4n) is 2.09. The highest BCUT2D eigenvalue weighted by Gasteiger charge is 1.98. The van der Waals surface area contributed by atoms with Crippen LogP contribution in [0.3, 0.4) is 0 Å². The highest BCUT2D eigenvalue weighted by molar-refractivity contribution is 7.80. The third-order valence-corrected chi connectivity index (χ3v) is 3.94. The van der Waals surface area contributed by atoms with E-state index in [0.29, 0.717) is 5.11 Å². The van der Waals surface area contributed by atoms with E-state index in [-0.39, 0.29) is 0 Å². The average molecular weight is 353 g/mol. The molecule has 0 spiro atoms. The number of hydrogen-bond donors (Lipinski definition) is 2. The van der Waals surface area contributed by atoms with Crippen LogP contribution in [0.4, 0.5) is 0 Å². The van der Waals surface area contributed by atoms with Crippen molar-refractivity contribution in [1.82, 2.24) is 10.6 Å². The maximum Gasteiger partial charge on any atom is 0.166 e. The van der Waals surface area contributed by atoms with Crippen molar-refractivity contribution >= 4 is 40.5 Å².